The number of hydrogen-bond donors (Lipinski definition) is 1. The molecule has 1 fully saturated rings. The lowest BCUT2D eigenvalue weighted by Crippen LogP contribution is -2.36. The van der Waals surface area contributed by atoms with Gasteiger partial charge in [0.05, 0.1) is 13.9 Å². The quantitative estimate of drug-likeness (QED) is 0.280. The second-order valence-corrected chi connectivity index (χ2v) is 10.5. The second-order valence-electron chi connectivity index (χ2n) is 7.38. The minimum atomic E-state index is -0.519. The molecule has 3 amide bonds. The molecule has 4 rings (SSSR count). The van der Waals surface area contributed by atoms with Gasteiger partial charge in [-0.2, -0.15) is 0 Å². The van der Waals surface area contributed by atoms with Crippen molar-refractivity contribution in [3.8, 4) is 5.75 Å². The summed E-state index contributed by atoms with van der Waals surface area (Å²) in [5.41, 5.74) is 2.11. The first-order valence-electron chi connectivity index (χ1n) is 10.3. The molecule has 1 N–H and O–H groups in total. The number of carbonyl (C=O) groups is 3. The first-order valence-corrected chi connectivity index (χ1v) is 13.1. The summed E-state index contributed by atoms with van der Waals surface area (Å²) < 4.78 is 7.25. The summed E-state index contributed by atoms with van der Waals surface area (Å²) in [5, 5.41) is 2.79. The van der Waals surface area contributed by atoms with Crippen LogP contribution in [0.4, 0.5) is 10.5 Å². The smallest absolute Gasteiger partial charge is 0.294 e. The zero-order chi connectivity index (χ0) is 24.9. The van der Waals surface area contributed by atoms with Gasteiger partial charge in [-0.3, -0.25) is 19.3 Å². The molecule has 1 aliphatic rings. The fourth-order valence-corrected chi connectivity index (χ4v) is 5.70. The monoisotopic (exact) mass is 634 g/mol. The molecule has 0 saturated carbocycles. The van der Waals surface area contributed by atoms with E-state index in [4.69, 9.17) is 16.3 Å². The Kier molecular flexibility index (Phi) is 8.33. The van der Waals surface area contributed by atoms with Gasteiger partial charge >= 0.3 is 0 Å². The summed E-state index contributed by atoms with van der Waals surface area (Å²) in [6.07, 6.45) is 1.60. The van der Waals surface area contributed by atoms with Crippen molar-refractivity contribution in [2.45, 2.75) is 6.61 Å². The van der Waals surface area contributed by atoms with Gasteiger partial charge in [-0.05, 0) is 85.6 Å². The number of carbonyl (C=O) groups excluding carboxylic acids is 3. The van der Waals surface area contributed by atoms with E-state index in [0.29, 0.717) is 31.0 Å². The van der Waals surface area contributed by atoms with Crippen LogP contribution in [0.15, 0.2) is 80.6 Å². The van der Waals surface area contributed by atoms with E-state index in [2.05, 4.69) is 37.2 Å². The molecule has 35 heavy (non-hydrogen) atoms. The molecule has 0 spiro atoms. The van der Waals surface area contributed by atoms with Gasteiger partial charge in [0.2, 0.25) is 5.91 Å². The summed E-state index contributed by atoms with van der Waals surface area (Å²) >= 11 is 14.0. The lowest BCUT2D eigenvalue weighted by molar-refractivity contribution is -0.127. The van der Waals surface area contributed by atoms with Gasteiger partial charge in [0.1, 0.15) is 18.9 Å². The number of halogens is 3. The van der Waals surface area contributed by atoms with Crippen LogP contribution in [0.3, 0.4) is 0 Å². The first kappa shape index (κ1) is 25.5. The number of anilines is 1. The van der Waals surface area contributed by atoms with Crippen molar-refractivity contribution in [2.75, 3.05) is 11.9 Å². The van der Waals surface area contributed by atoms with E-state index >= 15 is 0 Å². The number of rotatable bonds is 7. The third-order valence-corrected chi connectivity index (χ3v) is 7.34. The van der Waals surface area contributed by atoms with E-state index in [1.807, 2.05) is 24.3 Å². The maximum Gasteiger partial charge on any atom is 0.294 e. The van der Waals surface area contributed by atoms with Crippen molar-refractivity contribution in [1.82, 2.24) is 4.90 Å². The van der Waals surface area contributed by atoms with Crippen molar-refractivity contribution >= 4 is 84.0 Å². The van der Waals surface area contributed by atoms with Gasteiger partial charge in [0.25, 0.3) is 11.1 Å². The van der Waals surface area contributed by atoms with Crippen LogP contribution in [-0.2, 0) is 16.2 Å². The van der Waals surface area contributed by atoms with Crippen molar-refractivity contribution in [1.29, 1.82) is 0 Å². The van der Waals surface area contributed by atoms with E-state index in [9.17, 15) is 14.4 Å². The Hall–Kier alpha value is -2.59. The number of ether oxygens (including phenoxy) is 1. The van der Waals surface area contributed by atoms with Gasteiger partial charge in [-0.15, -0.1) is 0 Å². The molecular weight excluding hydrogens is 620 g/mol. The molecule has 3 aromatic carbocycles. The van der Waals surface area contributed by atoms with Crippen LogP contribution in [0.2, 0.25) is 5.02 Å². The molecule has 1 saturated heterocycles. The van der Waals surface area contributed by atoms with E-state index in [0.717, 1.165) is 22.2 Å². The van der Waals surface area contributed by atoms with E-state index < -0.39 is 17.1 Å². The maximum absolute atomic E-state index is 12.8. The van der Waals surface area contributed by atoms with E-state index in [-0.39, 0.29) is 18.1 Å². The highest BCUT2D eigenvalue weighted by Crippen LogP contribution is 2.38. The highest BCUT2D eigenvalue weighted by molar-refractivity contribution is 9.11. The van der Waals surface area contributed by atoms with Crippen LogP contribution < -0.4 is 10.1 Å². The average Bonchev–Trinajstić information content (AvgIpc) is 3.07. The summed E-state index contributed by atoms with van der Waals surface area (Å²) in [6, 6.07) is 19.8. The van der Waals surface area contributed by atoms with E-state index in [1.165, 1.54) is 0 Å². The van der Waals surface area contributed by atoms with Crippen LogP contribution in [0.25, 0.3) is 6.08 Å². The highest BCUT2D eigenvalue weighted by Gasteiger charge is 2.36. The minimum absolute atomic E-state index is 0.228. The molecule has 0 aliphatic carbocycles. The van der Waals surface area contributed by atoms with Crippen LogP contribution >= 0.6 is 55.2 Å². The maximum atomic E-state index is 12.8. The second kappa shape index (κ2) is 11.4. The minimum Gasteiger partial charge on any atom is -0.486 e. The number of hydrogen-bond acceptors (Lipinski definition) is 5. The van der Waals surface area contributed by atoms with Crippen molar-refractivity contribution in [3.63, 3.8) is 0 Å². The number of thioether (sulfide) groups is 1. The fourth-order valence-electron chi connectivity index (χ4n) is 3.22. The largest absolute Gasteiger partial charge is 0.486 e. The van der Waals surface area contributed by atoms with Gasteiger partial charge in [-0.25, -0.2) is 0 Å². The zero-order valence-electron chi connectivity index (χ0n) is 18.0. The number of imide groups is 1. The lowest BCUT2D eigenvalue weighted by atomic mass is 10.2. The summed E-state index contributed by atoms with van der Waals surface area (Å²) in [5.74, 6) is -0.396. The molecule has 1 aliphatic heterocycles. The van der Waals surface area contributed by atoms with Gasteiger partial charge in [0, 0.05) is 16.3 Å². The predicted octanol–water partition coefficient (Wildman–Crippen LogP) is 7.12. The predicted molar refractivity (Wildman–Crippen MR) is 145 cm³/mol. The number of amides is 3. The van der Waals surface area contributed by atoms with E-state index in [1.54, 1.807) is 48.5 Å². The third kappa shape index (κ3) is 6.35. The Morgan fingerprint density at radius 1 is 1.03 bits per heavy atom. The van der Waals surface area contributed by atoms with Crippen LogP contribution in [0.1, 0.15) is 11.1 Å². The standard InChI is InChI=1S/C25H17Br2ClN2O4S/c26-18-10-15(11-19(27)23(18)34-14-16-6-4-5-9-20(16)28)12-21-24(32)30(25(33)35-21)13-22(31)29-17-7-2-1-3-8-17/h1-12H,13-14H2,(H,29,31)/b21-12+. The molecule has 6 nitrogen and oxygen atoms in total. The molecule has 178 valence electrons. The average molecular weight is 637 g/mol. The van der Waals surface area contributed by atoms with Gasteiger partial charge < -0.3 is 10.1 Å². The number of para-hydroxylation sites is 1. The molecule has 0 aromatic heterocycles. The molecule has 0 radical (unpaired) electrons. The van der Waals surface area contributed by atoms with Crippen molar-refractivity contribution in [2.24, 2.45) is 0 Å². The van der Waals surface area contributed by atoms with Crippen LogP contribution in [0.5, 0.6) is 5.75 Å². The molecule has 0 bridgehead atoms. The topological polar surface area (TPSA) is 75.7 Å². The van der Waals surface area contributed by atoms with Crippen LogP contribution in [-0.4, -0.2) is 28.5 Å². The Morgan fingerprint density at radius 2 is 1.69 bits per heavy atom. The lowest BCUT2D eigenvalue weighted by Gasteiger charge is -2.13. The van der Waals surface area contributed by atoms with Gasteiger partial charge in [0.15, 0.2) is 0 Å². The molecular formula is C25H17Br2ClN2O4S. The molecule has 0 unspecified atom stereocenters. The Bertz CT molecular complexity index is 1310. The fraction of sp³-hybridized carbons (Fsp3) is 0.0800. The first-order chi connectivity index (χ1) is 16.8. The zero-order valence-corrected chi connectivity index (χ0v) is 22.7. The van der Waals surface area contributed by atoms with Crippen molar-refractivity contribution in [3.05, 3.63) is 96.7 Å². The Labute approximate surface area is 227 Å². The SMILES string of the molecule is O=C(CN1C(=O)S/C(=C/c2cc(Br)c(OCc3ccccc3Cl)c(Br)c2)C1=O)Nc1ccccc1. The van der Waals surface area contributed by atoms with Crippen molar-refractivity contribution < 1.29 is 19.1 Å². The molecule has 1 heterocycles. The Morgan fingerprint density at radius 3 is 2.37 bits per heavy atom. The summed E-state index contributed by atoms with van der Waals surface area (Å²) in [4.78, 5) is 38.7. The molecule has 3 aromatic rings. The summed E-state index contributed by atoms with van der Waals surface area (Å²) in [7, 11) is 0. The van der Waals surface area contributed by atoms with Crippen LogP contribution in [0, 0.1) is 0 Å². The van der Waals surface area contributed by atoms with Gasteiger partial charge in [-0.1, -0.05) is 48.0 Å². The highest BCUT2D eigenvalue weighted by atomic mass is 79.9. The summed E-state index contributed by atoms with van der Waals surface area (Å²) in [6.45, 7) is -0.0841. The normalized spacial score (nSPS) is 14.5. The number of nitrogens with one attached hydrogen (secondary N) is 1. The molecule has 0 atom stereocenters. The number of benzene rings is 3. The third-order valence-electron chi connectivity index (χ3n) is 4.88. The number of nitrogens with zero attached hydrogens (tertiary/aromatic N) is 1. The Balaban J connectivity index is 1.45. The molecule has 10 heteroatoms.